The van der Waals surface area contributed by atoms with Crippen LogP contribution in [0.1, 0.15) is 69.2 Å². The maximum Gasteiger partial charge on any atom is 0.308 e. The predicted octanol–water partition coefficient (Wildman–Crippen LogP) is 6.28. The molecule has 35 heavy (non-hydrogen) atoms. The second kappa shape index (κ2) is 11.0. The maximum atomic E-state index is 12.7. The Hall–Kier alpha value is -2.53. The van der Waals surface area contributed by atoms with Crippen LogP contribution in [0.4, 0.5) is 0 Å². The molecule has 3 atom stereocenters. The second-order valence-electron chi connectivity index (χ2n) is 11.1. The molecule has 4 rings (SSSR count). The van der Waals surface area contributed by atoms with E-state index in [1.165, 1.54) is 11.1 Å². The van der Waals surface area contributed by atoms with Crippen LogP contribution < -0.4 is 9.47 Å². The van der Waals surface area contributed by atoms with Gasteiger partial charge in [0.05, 0.1) is 39.5 Å². The van der Waals surface area contributed by atoms with Crippen molar-refractivity contribution in [2.24, 2.45) is 17.8 Å². The van der Waals surface area contributed by atoms with Crippen molar-refractivity contribution < 1.29 is 23.7 Å². The lowest BCUT2D eigenvalue weighted by molar-refractivity contribution is -0.150. The Balaban J connectivity index is 1.53. The minimum atomic E-state index is -0.162. The summed E-state index contributed by atoms with van der Waals surface area (Å²) in [5.74, 6) is 1.70. The van der Waals surface area contributed by atoms with E-state index in [2.05, 4.69) is 45.0 Å². The molecule has 0 radical (unpaired) electrons. The molecular weight excluding hydrogens is 440 g/mol. The topological polar surface area (TPSA) is 54.0 Å². The summed E-state index contributed by atoms with van der Waals surface area (Å²) in [4.78, 5) is 12.7. The number of carbonyl (C=O) groups excluding carboxylic acids is 1. The Morgan fingerprint density at radius 3 is 2.29 bits per heavy atom. The standard InChI is InChI=1S/C30H40O5/c1-30(2,3)24-13-10-20(11-14-24)16-23-18-34-28(22-12-15-26(32-4)27(17-22)33-5)25(23)19-35-29(31)21-8-6-7-9-21/h10-15,17,21,23,25,28H,6-9,16,18-19H2,1-5H3/t23-,25-,28?/m0/s1. The third-order valence-electron chi connectivity index (χ3n) is 7.64. The van der Waals surface area contributed by atoms with Gasteiger partial charge in [0.2, 0.25) is 0 Å². The summed E-state index contributed by atoms with van der Waals surface area (Å²) >= 11 is 0. The third-order valence-corrected chi connectivity index (χ3v) is 7.64. The minimum absolute atomic E-state index is 0.0475. The smallest absolute Gasteiger partial charge is 0.308 e. The number of rotatable bonds is 8. The van der Waals surface area contributed by atoms with Gasteiger partial charge in [-0.2, -0.15) is 0 Å². The van der Waals surface area contributed by atoms with Crippen molar-refractivity contribution in [1.29, 1.82) is 0 Å². The van der Waals surface area contributed by atoms with Gasteiger partial charge in [0.1, 0.15) is 0 Å². The molecule has 2 fully saturated rings. The fourth-order valence-electron chi connectivity index (χ4n) is 5.43. The molecule has 1 aliphatic carbocycles. The summed E-state index contributed by atoms with van der Waals surface area (Å²) in [6, 6.07) is 14.8. The molecule has 2 aliphatic rings. The van der Waals surface area contributed by atoms with Gasteiger partial charge >= 0.3 is 5.97 Å². The van der Waals surface area contributed by atoms with E-state index < -0.39 is 0 Å². The summed E-state index contributed by atoms with van der Waals surface area (Å²) in [5, 5.41) is 0. The lowest BCUT2D eigenvalue weighted by atomic mass is 9.82. The molecule has 0 spiro atoms. The van der Waals surface area contributed by atoms with Crippen LogP contribution in [0.15, 0.2) is 42.5 Å². The highest BCUT2D eigenvalue weighted by atomic mass is 16.5. The van der Waals surface area contributed by atoms with Crippen molar-refractivity contribution >= 4 is 5.97 Å². The first kappa shape index (κ1) is 25.6. The molecule has 2 aromatic carbocycles. The highest BCUT2D eigenvalue weighted by Gasteiger charge is 2.40. The highest BCUT2D eigenvalue weighted by Crippen LogP contribution is 2.43. The van der Waals surface area contributed by atoms with Gasteiger partial charge in [-0.05, 0) is 59.4 Å². The Morgan fingerprint density at radius 2 is 1.66 bits per heavy atom. The number of carbonyl (C=O) groups is 1. The summed E-state index contributed by atoms with van der Waals surface area (Å²) < 4.78 is 23.2. The van der Waals surface area contributed by atoms with Crippen LogP contribution in [0.2, 0.25) is 0 Å². The Labute approximate surface area is 210 Å². The van der Waals surface area contributed by atoms with Gasteiger partial charge < -0.3 is 18.9 Å². The largest absolute Gasteiger partial charge is 0.493 e. The maximum absolute atomic E-state index is 12.7. The zero-order valence-corrected chi connectivity index (χ0v) is 21.8. The quantitative estimate of drug-likeness (QED) is 0.416. The first-order chi connectivity index (χ1) is 16.8. The fourth-order valence-corrected chi connectivity index (χ4v) is 5.43. The Kier molecular flexibility index (Phi) is 8.05. The molecular formula is C30H40O5. The van der Waals surface area contributed by atoms with Crippen LogP contribution in [0.5, 0.6) is 11.5 Å². The zero-order valence-electron chi connectivity index (χ0n) is 21.8. The summed E-state index contributed by atoms with van der Waals surface area (Å²) in [7, 11) is 3.28. The number of hydrogen-bond acceptors (Lipinski definition) is 5. The van der Waals surface area contributed by atoms with E-state index >= 15 is 0 Å². The molecule has 0 bridgehead atoms. The van der Waals surface area contributed by atoms with Gasteiger partial charge in [-0.1, -0.05) is 63.9 Å². The average Bonchev–Trinajstić information content (AvgIpc) is 3.52. The number of hydrogen-bond donors (Lipinski definition) is 0. The first-order valence-electron chi connectivity index (χ1n) is 12.9. The lowest BCUT2D eigenvalue weighted by Crippen LogP contribution is -2.26. The first-order valence-corrected chi connectivity index (χ1v) is 12.9. The Morgan fingerprint density at radius 1 is 0.971 bits per heavy atom. The van der Waals surface area contributed by atoms with Crippen molar-refractivity contribution in [3.05, 3.63) is 59.2 Å². The van der Waals surface area contributed by atoms with E-state index in [0.29, 0.717) is 24.7 Å². The van der Waals surface area contributed by atoms with Crippen LogP contribution >= 0.6 is 0 Å². The summed E-state index contributed by atoms with van der Waals surface area (Å²) in [5.41, 5.74) is 3.76. The summed E-state index contributed by atoms with van der Waals surface area (Å²) in [6.45, 7) is 7.70. The van der Waals surface area contributed by atoms with Crippen LogP contribution in [0.3, 0.4) is 0 Å². The monoisotopic (exact) mass is 480 g/mol. The molecule has 1 saturated carbocycles. The molecule has 1 saturated heterocycles. The van der Waals surface area contributed by atoms with Gasteiger partial charge in [0, 0.05) is 5.92 Å². The number of ether oxygens (including phenoxy) is 4. The van der Waals surface area contributed by atoms with Crippen molar-refractivity contribution in [2.75, 3.05) is 27.4 Å². The molecule has 5 heteroatoms. The Bertz CT molecular complexity index is 985. The average molecular weight is 481 g/mol. The fraction of sp³-hybridized carbons (Fsp3) is 0.567. The molecule has 5 nitrogen and oxygen atoms in total. The zero-order chi connectivity index (χ0) is 25.0. The molecule has 0 N–H and O–H groups in total. The van der Waals surface area contributed by atoms with Gasteiger partial charge in [0.15, 0.2) is 11.5 Å². The van der Waals surface area contributed by atoms with Gasteiger partial charge in [0.25, 0.3) is 0 Å². The van der Waals surface area contributed by atoms with Crippen LogP contribution in [0.25, 0.3) is 0 Å². The number of methoxy groups -OCH3 is 2. The normalized spacial score (nSPS) is 22.8. The molecule has 0 aromatic heterocycles. The predicted molar refractivity (Wildman–Crippen MR) is 137 cm³/mol. The van der Waals surface area contributed by atoms with Crippen LogP contribution in [0, 0.1) is 17.8 Å². The highest BCUT2D eigenvalue weighted by molar-refractivity contribution is 5.72. The molecule has 190 valence electrons. The van der Waals surface area contributed by atoms with Crippen molar-refractivity contribution in [3.8, 4) is 11.5 Å². The molecule has 1 unspecified atom stereocenters. The van der Waals surface area contributed by atoms with Gasteiger partial charge in [-0.25, -0.2) is 0 Å². The van der Waals surface area contributed by atoms with Crippen molar-refractivity contribution in [2.45, 2.75) is 64.4 Å². The van der Waals surface area contributed by atoms with E-state index in [-0.39, 0.29) is 35.2 Å². The van der Waals surface area contributed by atoms with Crippen LogP contribution in [-0.4, -0.2) is 33.4 Å². The minimum Gasteiger partial charge on any atom is -0.493 e. The second-order valence-corrected chi connectivity index (χ2v) is 11.1. The van der Waals surface area contributed by atoms with Crippen molar-refractivity contribution in [1.82, 2.24) is 0 Å². The van der Waals surface area contributed by atoms with Crippen LogP contribution in [-0.2, 0) is 26.1 Å². The number of benzene rings is 2. The molecule has 0 amide bonds. The van der Waals surface area contributed by atoms with Gasteiger partial charge in [-0.15, -0.1) is 0 Å². The van der Waals surface area contributed by atoms with E-state index in [1.807, 2.05) is 18.2 Å². The SMILES string of the molecule is COc1ccc(C2OC[C@H](Cc3ccc(C(C)(C)C)cc3)[C@@H]2COC(=O)C2CCCC2)cc1OC. The van der Waals surface area contributed by atoms with Crippen molar-refractivity contribution in [3.63, 3.8) is 0 Å². The van der Waals surface area contributed by atoms with E-state index in [4.69, 9.17) is 18.9 Å². The van der Waals surface area contributed by atoms with E-state index in [1.54, 1.807) is 14.2 Å². The number of esters is 1. The third kappa shape index (κ3) is 6.00. The van der Waals surface area contributed by atoms with E-state index in [9.17, 15) is 4.79 Å². The summed E-state index contributed by atoms with van der Waals surface area (Å²) in [6.07, 6.45) is 4.86. The van der Waals surface area contributed by atoms with E-state index in [0.717, 1.165) is 37.7 Å². The molecule has 1 heterocycles. The lowest BCUT2D eigenvalue weighted by Gasteiger charge is -2.25. The van der Waals surface area contributed by atoms with Gasteiger partial charge in [-0.3, -0.25) is 4.79 Å². The molecule has 2 aromatic rings. The molecule has 1 aliphatic heterocycles.